The van der Waals surface area contributed by atoms with Crippen LogP contribution in [-0.2, 0) is 0 Å². The number of imidazole rings is 1. The number of anilines is 2. The highest BCUT2D eigenvalue weighted by atomic mass is 19.1. The summed E-state index contributed by atoms with van der Waals surface area (Å²) in [6.45, 7) is 3.33. The molecule has 8 nitrogen and oxygen atoms in total. The lowest BCUT2D eigenvalue weighted by atomic mass is 10.1. The van der Waals surface area contributed by atoms with Gasteiger partial charge in [-0.3, -0.25) is 9.20 Å². The van der Waals surface area contributed by atoms with Crippen molar-refractivity contribution >= 4 is 23.1 Å². The number of amides is 1. The van der Waals surface area contributed by atoms with Crippen molar-refractivity contribution in [3.05, 3.63) is 60.0 Å². The second-order valence-corrected chi connectivity index (χ2v) is 6.02. The monoisotopic (exact) mass is 366 g/mol. The third-order valence-electron chi connectivity index (χ3n) is 3.94. The first-order valence-corrected chi connectivity index (χ1v) is 8.06. The number of benzene rings is 1. The van der Waals surface area contributed by atoms with Crippen LogP contribution in [0.15, 0.2) is 41.2 Å². The molecule has 3 N–H and O–H groups in total. The van der Waals surface area contributed by atoms with Gasteiger partial charge >= 0.3 is 0 Å². The molecule has 0 aliphatic heterocycles. The number of fused-ring (bicyclic) bond motifs is 1. The maximum Gasteiger partial charge on any atom is 0.293 e. The maximum absolute atomic E-state index is 14.4. The quantitative estimate of drug-likeness (QED) is 0.577. The maximum atomic E-state index is 14.4. The fourth-order valence-corrected chi connectivity index (χ4v) is 2.76. The van der Waals surface area contributed by atoms with Gasteiger partial charge in [-0.25, -0.2) is 19.3 Å². The second kappa shape index (κ2) is 6.20. The van der Waals surface area contributed by atoms with E-state index < -0.39 is 11.7 Å². The third-order valence-corrected chi connectivity index (χ3v) is 3.94. The van der Waals surface area contributed by atoms with Crippen LogP contribution in [0.1, 0.15) is 22.1 Å². The van der Waals surface area contributed by atoms with Crippen molar-refractivity contribution < 1.29 is 13.6 Å². The molecule has 0 spiro atoms. The number of nitrogen functional groups attached to an aromatic ring is 1. The van der Waals surface area contributed by atoms with Crippen LogP contribution in [0.4, 0.5) is 15.8 Å². The summed E-state index contributed by atoms with van der Waals surface area (Å²) in [5.41, 5.74) is 7.64. The molecule has 0 bridgehead atoms. The van der Waals surface area contributed by atoms with Crippen LogP contribution in [0.3, 0.4) is 0 Å². The fraction of sp³-hybridized carbons (Fsp3) is 0.111. The molecule has 0 saturated carbocycles. The van der Waals surface area contributed by atoms with E-state index in [4.69, 9.17) is 10.2 Å². The third kappa shape index (κ3) is 3.10. The van der Waals surface area contributed by atoms with Gasteiger partial charge in [0.05, 0.1) is 23.3 Å². The average Bonchev–Trinajstić information content (AvgIpc) is 3.18. The summed E-state index contributed by atoms with van der Waals surface area (Å²) in [5, 5.41) is 2.68. The number of aryl methyl sites for hydroxylation is 2. The van der Waals surface area contributed by atoms with Gasteiger partial charge in [0.2, 0.25) is 11.5 Å². The average molecular weight is 366 g/mol. The molecule has 4 aromatic rings. The number of nitrogens with zero attached hydrogens (tertiary/aromatic N) is 4. The molecule has 0 radical (unpaired) electrons. The van der Waals surface area contributed by atoms with Crippen LogP contribution >= 0.6 is 0 Å². The van der Waals surface area contributed by atoms with Crippen molar-refractivity contribution in [1.29, 1.82) is 0 Å². The predicted molar refractivity (Wildman–Crippen MR) is 96.7 cm³/mol. The molecule has 3 aromatic heterocycles. The van der Waals surface area contributed by atoms with Gasteiger partial charge in [-0.15, -0.1) is 0 Å². The Labute approximate surface area is 152 Å². The summed E-state index contributed by atoms with van der Waals surface area (Å²) in [6.07, 6.45) is 4.73. The Bertz CT molecular complexity index is 1180. The number of hydrogen-bond donors (Lipinski definition) is 2. The number of rotatable bonds is 3. The summed E-state index contributed by atoms with van der Waals surface area (Å²) < 4.78 is 21.3. The van der Waals surface area contributed by atoms with Gasteiger partial charge in [0.15, 0.2) is 5.89 Å². The van der Waals surface area contributed by atoms with Crippen molar-refractivity contribution in [3.8, 4) is 11.3 Å². The zero-order valence-electron chi connectivity index (χ0n) is 14.5. The van der Waals surface area contributed by atoms with E-state index in [1.807, 2.05) is 0 Å². The Morgan fingerprint density at radius 1 is 1.26 bits per heavy atom. The lowest BCUT2D eigenvalue weighted by Gasteiger charge is -2.06. The molecule has 4 rings (SSSR count). The predicted octanol–water partition coefficient (Wildman–Crippen LogP) is 2.97. The van der Waals surface area contributed by atoms with E-state index in [1.54, 1.807) is 30.6 Å². The normalized spacial score (nSPS) is 11.1. The van der Waals surface area contributed by atoms with E-state index in [2.05, 4.69) is 20.3 Å². The summed E-state index contributed by atoms with van der Waals surface area (Å²) in [6, 6.07) is 4.22. The van der Waals surface area contributed by atoms with E-state index in [9.17, 15) is 9.18 Å². The largest absolute Gasteiger partial charge is 0.436 e. The molecule has 1 aromatic carbocycles. The summed E-state index contributed by atoms with van der Waals surface area (Å²) in [5.74, 6) is -0.0355. The van der Waals surface area contributed by atoms with Crippen LogP contribution in [0.5, 0.6) is 0 Å². The van der Waals surface area contributed by atoms with Gasteiger partial charge in [-0.05, 0) is 25.1 Å². The molecule has 0 atom stereocenters. The van der Waals surface area contributed by atoms with Crippen molar-refractivity contribution in [2.45, 2.75) is 13.8 Å². The van der Waals surface area contributed by atoms with Crippen LogP contribution < -0.4 is 11.1 Å². The number of carbonyl (C=O) groups is 1. The van der Waals surface area contributed by atoms with Crippen LogP contribution in [0.25, 0.3) is 17.0 Å². The van der Waals surface area contributed by atoms with E-state index in [-0.39, 0.29) is 11.3 Å². The van der Waals surface area contributed by atoms with Crippen LogP contribution in [0.2, 0.25) is 0 Å². The molecule has 0 saturated heterocycles. The van der Waals surface area contributed by atoms with Crippen LogP contribution in [-0.4, -0.2) is 25.3 Å². The zero-order chi connectivity index (χ0) is 19.1. The van der Waals surface area contributed by atoms with Crippen LogP contribution in [0, 0.1) is 19.7 Å². The molecule has 0 unspecified atom stereocenters. The van der Waals surface area contributed by atoms with Gasteiger partial charge in [0, 0.05) is 30.6 Å². The second-order valence-electron chi connectivity index (χ2n) is 6.02. The molecule has 27 heavy (non-hydrogen) atoms. The highest BCUT2D eigenvalue weighted by Gasteiger charge is 2.17. The molecular weight excluding hydrogens is 351 g/mol. The summed E-state index contributed by atoms with van der Waals surface area (Å²) in [4.78, 5) is 24.8. The molecule has 0 aliphatic rings. The van der Waals surface area contributed by atoms with Gasteiger partial charge in [0.25, 0.3) is 5.91 Å². The number of carbonyl (C=O) groups excluding carboxylic acids is 1. The minimum Gasteiger partial charge on any atom is -0.436 e. The SMILES string of the molecule is Cc1nc(C)c(C(=O)Nc2ccc(F)c(-c3cn4cc(N)cnc4n3)c2)o1. The lowest BCUT2D eigenvalue weighted by molar-refractivity contribution is 0.0994. The standard InChI is InChI=1S/C18H15FN6O2/c1-9-16(27-10(2)22-9)17(26)23-12-3-4-14(19)13(5-12)15-8-25-7-11(20)6-21-18(25)24-15/h3-8H,20H2,1-2H3,(H,23,26). The Balaban J connectivity index is 1.68. The minimum atomic E-state index is -0.476. The zero-order valence-corrected chi connectivity index (χ0v) is 14.5. The Morgan fingerprint density at radius 3 is 2.81 bits per heavy atom. The lowest BCUT2D eigenvalue weighted by Crippen LogP contribution is -2.12. The molecule has 1 amide bonds. The number of aromatic nitrogens is 4. The van der Waals surface area contributed by atoms with Gasteiger partial charge < -0.3 is 15.5 Å². The van der Waals surface area contributed by atoms with Crippen molar-refractivity contribution in [3.63, 3.8) is 0 Å². The molecule has 136 valence electrons. The Kier molecular flexibility index (Phi) is 3.84. The Morgan fingerprint density at radius 2 is 2.07 bits per heavy atom. The minimum absolute atomic E-state index is 0.116. The first-order valence-electron chi connectivity index (χ1n) is 8.06. The number of nitrogens with two attached hydrogens (primary N) is 1. The van der Waals surface area contributed by atoms with Crippen molar-refractivity contribution in [1.82, 2.24) is 19.4 Å². The van der Waals surface area contributed by atoms with E-state index in [1.165, 1.54) is 24.4 Å². The fourth-order valence-electron chi connectivity index (χ4n) is 2.76. The van der Waals surface area contributed by atoms with Crippen molar-refractivity contribution in [2.75, 3.05) is 11.1 Å². The summed E-state index contributed by atoms with van der Waals surface area (Å²) >= 11 is 0. The first-order chi connectivity index (χ1) is 12.9. The van der Waals surface area contributed by atoms with Crippen molar-refractivity contribution in [2.24, 2.45) is 0 Å². The van der Waals surface area contributed by atoms with E-state index in [0.717, 1.165) is 0 Å². The number of halogens is 1. The highest BCUT2D eigenvalue weighted by Crippen LogP contribution is 2.26. The molecular formula is C18H15FN6O2. The molecule has 9 heteroatoms. The van der Waals surface area contributed by atoms with E-state index >= 15 is 0 Å². The van der Waals surface area contributed by atoms with Gasteiger partial charge in [-0.2, -0.15) is 0 Å². The summed E-state index contributed by atoms with van der Waals surface area (Å²) in [7, 11) is 0. The number of oxazole rings is 1. The molecule has 0 aliphatic carbocycles. The number of nitrogens with one attached hydrogen (secondary N) is 1. The van der Waals surface area contributed by atoms with Gasteiger partial charge in [0.1, 0.15) is 5.82 Å². The molecule has 3 heterocycles. The molecule has 0 fully saturated rings. The topological polar surface area (TPSA) is 111 Å². The first kappa shape index (κ1) is 16.7. The van der Waals surface area contributed by atoms with E-state index in [0.29, 0.717) is 34.4 Å². The highest BCUT2D eigenvalue weighted by molar-refractivity contribution is 6.03. The smallest absolute Gasteiger partial charge is 0.293 e. The number of hydrogen-bond acceptors (Lipinski definition) is 6. The van der Waals surface area contributed by atoms with Gasteiger partial charge in [-0.1, -0.05) is 0 Å². The Hall–Kier alpha value is -3.75.